The molecular weight excluding hydrogens is 170 g/mol. The van der Waals surface area contributed by atoms with E-state index in [4.69, 9.17) is 0 Å². The van der Waals surface area contributed by atoms with Crippen molar-refractivity contribution in [3.05, 3.63) is 41.5 Å². The van der Waals surface area contributed by atoms with Crippen LogP contribution in [0.3, 0.4) is 0 Å². The third-order valence-corrected chi connectivity index (χ3v) is 2.19. The Hall–Kier alpha value is -1.08. The van der Waals surface area contributed by atoms with Crippen molar-refractivity contribution in [3.8, 4) is 0 Å². The van der Waals surface area contributed by atoms with Gasteiger partial charge in [0.05, 0.1) is 0 Å². The highest BCUT2D eigenvalue weighted by Crippen LogP contribution is 2.06. The summed E-state index contributed by atoms with van der Waals surface area (Å²) >= 11 is 0. The van der Waals surface area contributed by atoms with Crippen LogP contribution in [-0.4, -0.2) is 25.5 Å². The minimum absolute atomic E-state index is 1.11. The number of hydrogen-bond donors (Lipinski definition) is 0. The van der Waals surface area contributed by atoms with E-state index in [0.717, 1.165) is 13.0 Å². The van der Waals surface area contributed by atoms with Gasteiger partial charge in [-0.3, -0.25) is 0 Å². The topological polar surface area (TPSA) is 3.24 Å². The second kappa shape index (κ2) is 5.61. The molecule has 0 aromatic heterocycles. The minimum Gasteiger partial charge on any atom is -0.309 e. The summed E-state index contributed by atoms with van der Waals surface area (Å²) in [4.78, 5) is 2.21. The summed E-state index contributed by atoms with van der Waals surface area (Å²) in [6, 6.07) is 8.76. The fraction of sp³-hybridized carbons (Fsp3) is 0.385. The Kier molecular flexibility index (Phi) is 4.41. The summed E-state index contributed by atoms with van der Waals surface area (Å²) in [5, 5.41) is 0. The highest BCUT2D eigenvalue weighted by molar-refractivity contribution is 5.49. The normalized spacial score (nSPS) is 11.4. The van der Waals surface area contributed by atoms with Gasteiger partial charge < -0.3 is 4.90 Å². The van der Waals surface area contributed by atoms with Gasteiger partial charge in [-0.25, -0.2) is 0 Å². The summed E-state index contributed by atoms with van der Waals surface area (Å²) in [5.41, 5.74) is 2.69. The average molecular weight is 189 g/mol. The molecule has 0 aliphatic rings. The molecule has 0 bridgehead atoms. The van der Waals surface area contributed by atoms with Gasteiger partial charge in [0.15, 0.2) is 0 Å². The zero-order chi connectivity index (χ0) is 10.4. The van der Waals surface area contributed by atoms with Crippen LogP contribution < -0.4 is 0 Å². The Morgan fingerprint density at radius 1 is 1.14 bits per heavy atom. The number of rotatable bonds is 4. The van der Waals surface area contributed by atoms with E-state index >= 15 is 0 Å². The summed E-state index contributed by atoms with van der Waals surface area (Å²) in [5.74, 6) is 0. The van der Waals surface area contributed by atoms with Crippen LogP contribution in [0.5, 0.6) is 0 Å². The van der Waals surface area contributed by atoms with Crippen molar-refractivity contribution >= 4 is 6.08 Å². The van der Waals surface area contributed by atoms with Gasteiger partial charge in [-0.05, 0) is 38.6 Å². The molecule has 0 saturated heterocycles. The van der Waals surface area contributed by atoms with Gasteiger partial charge in [-0.1, -0.05) is 36.4 Å². The molecule has 0 amide bonds. The molecule has 0 N–H and O–H groups in total. The Bertz CT molecular complexity index is 283. The summed E-state index contributed by atoms with van der Waals surface area (Å²) in [7, 11) is 4.21. The van der Waals surface area contributed by atoms with Crippen molar-refractivity contribution in [2.75, 3.05) is 20.6 Å². The van der Waals surface area contributed by atoms with E-state index in [0.29, 0.717) is 0 Å². The van der Waals surface area contributed by atoms with Gasteiger partial charge in [0.2, 0.25) is 0 Å². The van der Waals surface area contributed by atoms with Crippen LogP contribution in [0.2, 0.25) is 0 Å². The Labute approximate surface area is 87.1 Å². The maximum Gasteiger partial charge on any atom is 0.00157 e. The van der Waals surface area contributed by atoms with Gasteiger partial charge in [-0.2, -0.15) is 0 Å². The molecule has 76 valence electrons. The molecule has 0 heterocycles. The van der Waals surface area contributed by atoms with Crippen LogP contribution in [0.4, 0.5) is 0 Å². The van der Waals surface area contributed by atoms with E-state index < -0.39 is 0 Å². The fourth-order valence-corrected chi connectivity index (χ4v) is 1.34. The quantitative estimate of drug-likeness (QED) is 0.704. The van der Waals surface area contributed by atoms with Crippen molar-refractivity contribution in [2.24, 2.45) is 0 Å². The smallest absolute Gasteiger partial charge is 0.00157 e. The SMILES string of the molecule is CC=Cc1ccc(CCN(C)C)cc1. The first-order chi connectivity index (χ1) is 6.72. The molecule has 0 aliphatic carbocycles. The Morgan fingerprint density at radius 3 is 2.29 bits per heavy atom. The number of likely N-dealkylation sites (N-methyl/N-ethyl adjacent to an activating group) is 1. The molecule has 1 heteroatoms. The van der Waals surface area contributed by atoms with Crippen molar-refractivity contribution in [2.45, 2.75) is 13.3 Å². The molecule has 0 fully saturated rings. The lowest BCUT2D eigenvalue weighted by Crippen LogP contribution is -2.14. The molecule has 1 nitrogen and oxygen atoms in total. The number of nitrogens with zero attached hydrogens (tertiary/aromatic N) is 1. The van der Waals surface area contributed by atoms with Gasteiger partial charge >= 0.3 is 0 Å². The minimum atomic E-state index is 1.11. The lowest BCUT2D eigenvalue weighted by molar-refractivity contribution is 0.413. The Morgan fingerprint density at radius 2 is 1.79 bits per heavy atom. The van der Waals surface area contributed by atoms with Gasteiger partial charge in [0.25, 0.3) is 0 Å². The predicted octanol–water partition coefficient (Wildman–Crippen LogP) is 2.82. The largest absolute Gasteiger partial charge is 0.309 e. The molecule has 1 rings (SSSR count). The van der Waals surface area contributed by atoms with Crippen molar-refractivity contribution in [1.29, 1.82) is 0 Å². The molecule has 14 heavy (non-hydrogen) atoms. The summed E-state index contributed by atoms with van der Waals surface area (Å²) in [6.07, 6.45) is 5.31. The van der Waals surface area contributed by atoms with Crippen LogP contribution in [-0.2, 0) is 6.42 Å². The van der Waals surface area contributed by atoms with Crippen LogP contribution in [0, 0.1) is 0 Å². The zero-order valence-corrected chi connectivity index (χ0v) is 9.33. The Balaban J connectivity index is 2.55. The van der Waals surface area contributed by atoms with Gasteiger partial charge in [0.1, 0.15) is 0 Å². The van der Waals surface area contributed by atoms with E-state index in [-0.39, 0.29) is 0 Å². The second-order valence-corrected chi connectivity index (χ2v) is 3.79. The van der Waals surface area contributed by atoms with Gasteiger partial charge in [0, 0.05) is 6.54 Å². The molecule has 0 radical (unpaired) electrons. The average Bonchev–Trinajstić information content (AvgIpc) is 2.17. The highest BCUT2D eigenvalue weighted by Gasteiger charge is 1.94. The van der Waals surface area contributed by atoms with E-state index in [2.05, 4.69) is 55.4 Å². The lowest BCUT2D eigenvalue weighted by Gasteiger charge is -2.08. The molecular formula is C13H19N. The van der Waals surface area contributed by atoms with Gasteiger partial charge in [-0.15, -0.1) is 0 Å². The van der Waals surface area contributed by atoms with Crippen molar-refractivity contribution < 1.29 is 0 Å². The first kappa shape index (κ1) is 11.0. The van der Waals surface area contributed by atoms with E-state index in [1.807, 2.05) is 6.92 Å². The number of benzene rings is 1. The molecule has 1 aromatic carbocycles. The van der Waals surface area contributed by atoms with E-state index in [9.17, 15) is 0 Å². The molecule has 0 atom stereocenters. The zero-order valence-electron chi connectivity index (χ0n) is 9.33. The van der Waals surface area contributed by atoms with E-state index in [1.54, 1.807) is 0 Å². The van der Waals surface area contributed by atoms with Crippen molar-refractivity contribution in [1.82, 2.24) is 4.90 Å². The van der Waals surface area contributed by atoms with Crippen molar-refractivity contribution in [3.63, 3.8) is 0 Å². The summed E-state index contributed by atoms with van der Waals surface area (Å²) in [6.45, 7) is 3.16. The first-order valence-electron chi connectivity index (χ1n) is 5.08. The number of allylic oxidation sites excluding steroid dienone is 1. The summed E-state index contributed by atoms with van der Waals surface area (Å²) < 4.78 is 0. The second-order valence-electron chi connectivity index (χ2n) is 3.79. The first-order valence-corrected chi connectivity index (χ1v) is 5.08. The lowest BCUT2D eigenvalue weighted by atomic mass is 10.1. The van der Waals surface area contributed by atoms with Crippen LogP contribution in [0.25, 0.3) is 6.08 Å². The van der Waals surface area contributed by atoms with Crippen LogP contribution in [0.1, 0.15) is 18.1 Å². The third kappa shape index (κ3) is 3.75. The maximum absolute atomic E-state index is 2.21. The predicted molar refractivity (Wildman–Crippen MR) is 63.4 cm³/mol. The monoisotopic (exact) mass is 189 g/mol. The van der Waals surface area contributed by atoms with E-state index in [1.165, 1.54) is 11.1 Å². The molecule has 0 saturated carbocycles. The maximum atomic E-state index is 2.21. The number of hydrogen-bond acceptors (Lipinski definition) is 1. The molecule has 0 aliphatic heterocycles. The highest BCUT2D eigenvalue weighted by atomic mass is 15.0. The standard InChI is InChI=1S/C13H19N/c1-4-5-12-6-8-13(9-7-12)10-11-14(2)3/h4-9H,10-11H2,1-3H3. The third-order valence-electron chi connectivity index (χ3n) is 2.19. The molecule has 0 spiro atoms. The molecule has 1 aromatic rings. The van der Waals surface area contributed by atoms with Crippen LogP contribution in [0.15, 0.2) is 30.3 Å². The fourth-order valence-electron chi connectivity index (χ4n) is 1.34. The molecule has 0 unspecified atom stereocenters. The van der Waals surface area contributed by atoms with Crippen LogP contribution >= 0.6 is 0 Å².